The summed E-state index contributed by atoms with van der Waals surface area (Å²) in [5.74, 6) is -3.30. The number of carboxylic acid groups (broad SMARTS) is 1. The topological polar surface area (TPSA) is 137 Å². The minimum absolute atomic E-state index is 0.0155. The summed E-state index contributed by atoms with van der Waals surface area (Å²) in [7, 11) is -3.86. The number of amides is 1. The van der Waals surface area contributed by atoms with Crippen LogP contribution in [0, 0.1) is 33.6 Å². The van der Waals surface area contributed by atoms with Gasteiger partial charge >= 0.3 is 12.1 Å². The van der Waals surface area contributed by atoms with Gasteiger partial charge in [0.15, 0.2) is 5.76 Å². The molecule has 0 saturated carbocycles. The van der Waals surface area contributed by atoms with E-state index in [1.165, 1.54) is 21.1 Å². The molecule has 0 bridgehead atoms. The lowest BCUT2D eigenvalue weighted by Gasteiger charge is -2.38. The van der Waals surface area contributed by atoms with Crippen LogP contribution in [-0.2, 0) is 19.6 Å². The summed E-state index contributed by atoms with van der Waals surface area (Å²) < 4.78 is 70.6. The largest absolute Gasteiger partial charge is 0.490 e. The van der Waals surface area contributed by atoms with Crippen molar-refractivity contribution in [2.75, 3.05) is 44.2 Å². The van der Waals surface area contributed by atoms with E-state index in [4.69, 9.17) is 18.8 Å². The van der Waals surface area contributed by atoms with Crippen molar-refractivity contribution >= 4 is 27.6 Å². The molecule has 1 amide bonds. The monoisotopic (exact) mass is 626 g/mol. The molecule has 2 fully saturated rings. The van der Waals surface area contributed by atoms with Gasteiger partial charge in [-0.1, -0.05) is 17.3 Å². The number of hydrogen-bond donors (Lipinski definition) is 1. The summed E-state index contributed by atoms with van der Waals surface area (Å²) in [6.45, 7) is 10.4. The normalized spacial score (nSPS) is 19.7. The molecule has 2 aromatic heterocycles. The Morgan fingerprint density at radius 3 is 2.21 bits per heavy atom. The SMILES string of the molecule is Cc1ccc(C)c(N2CCN(C(=O)[C@@H]3CN(S(=O)(=O)c4c(C)noc4C)CC3c3ccoc3)CC2)c1.O=C(O)C(F)(F)F. The van der Waals surface area contributed by atoms with Crippen LogP contribution in [0.1, 0.15) is 34.1 Å². The Morgan fingerprint density at radius 2 is 1.67 bits per heavy atom. The van der Waals surface area contributed by atoms with Gasteiger partial charge in [0.1, 0.15) is 10.6 Å². The molecule has 15 heteroatoms. The third-order valence-corrected chi connectivity index (χ3v) is 9.76. The number of nitrogens with zero attached hydrogens (tertiary/aromatic N) is 4. The number of rotatable bonds is 5. The van der Waals surface area contributed by atoms with Gasteiger partial charge in [-0.05, 0) is 56.5 Å². The minimum atomic E-state index is -5.08. The van der Waals surface area contributed by atoms with Crippen molar-refractivity contribution in [1.82, 2.24) is 14.4 Å². The number of halogens is 3. The van der Waals surface area contributed by atoms with Crippen LogP contribution in [0.3, 0.4) is 0 Å². The van der Waals surface area contributed by atoms with Crippen LogP contribution < -0.4 is 4.90 Å². The number of anilines is 1. The van der Waals surface area contributed by atoms with Gasteiger partial charge in [-0.2, -0.15) is 17.5 Å². The van der Waals surface area contributed by atoms with Gasteiger partial charge < -0.3 is 23.8 Å². The van der Waals surface area contributed by atoms with E-state index in [9.17, 15) is 26.4 Å². The molecule has 0 spiro atoms. The molecule has 0 radical (unpaired) electrons. The highest BCUT2D eigenvalue weighted by atomic mass is 32.2. The Bertz CT molecular complexity index is 1540. The first-order chi connectivity index (χ1) is 20.1. The highest BCUT2D eigenvalue weighted by Gasteiger charge is 2.46. The van der Waals surface area contributed by atoms with E-state index in [0.717, 1.165) is 18.7 Å². The first-order valence-corrected chi connectivity index (χ1v) is 14.9. The average Bonchev–Trinajstić information content (AvgIpc) is 3.70. The number of hydrogen-bond acceptors (Lipinski definition) is 8. The zero-order valence-corrected chi connectivity index (χ0v) is 24.9. The number of sulfonamides is 1. The molecule has 5 rings (SSSR count). The number of piperazine rings is 1. The van der Waals surface area contributed by atoms with E-state index in [0.29, 0.717) is 18.8 Å². The molecule has 1 aromatic carbocycles. The van der Waals surface area contributed by atoms with E-state index in [1.54, 1.807) is 26.4 Å². The van der Waals surface area contributed by atoms with Crippen molar-refractivity contribution in [1.29, 1.82) is 0 Å². The molecule has 3 aromatic rings. The molecule has 234 valence electrons. The molecule has 43 heavy (non-hydrogen) atoms. The third-order valence-electron chi connectivity index (χ3n) is 7.68. The summed E-state index contributed by atoms with van der Waals surface area (Å²) in [5.41, 5.74) is 4.79. The molecular formula is C28H33F3N4O7S. The van der Waals surface area contributed by atoms with Gasteiger partial charge in [0.2, 0.25) is 15.9 Å². The van der Waals surface area contributed by atoms with Gasteiger partial charge in [0, 0.05) is 50.9 Å². The van der Waals surface area contributed by atoms with E-state index < -0.39 is 28.1 Å². The van der Waals surface area contributed by atoms with Crippen LogP contribution >= 0.6 is 0 Å². The molecule has 2 atom stereocenters. The van der Waals surface area contributed by atoms with Crippen molar-refractivity contribution in [3.63, 3.8) is 0 Å². The highest BCUT2D eigenvalue weighted by molar-refractivity contribution is 7.89. The van der Waals surface area contributed by atoms with Gasteiger partial charge in [-0.3, -0.25) is 4.79 Å². The second-order valence-corrected chi connectivity index (χ2v) is 12.5. The van der Waals surface area contributed by atoms with Crippen molar-refractivity contribution in [2.24, 2.45) is 5.92 Å². The number of benzene rings is 1. The number of carbonyl (C=O) groups is 2. The van der Waals surface area contributed by atoms with E-state index >= 15 is 0 Å². The number of aromatic nitrogens is 1. The van der Waals surface area contributed by atoms with Gasteiger partial charge in [0.25, 0.3) is 0 Å². The molecule has 4 heterocycles. The summed E-state index contributed by atoms with van der Waals surface area (Å²) in [4.78, 5) is 27.0. The van der Waals surface area contributed by atoms with Crippen molar-refractivity contribution in [2.45, 2.75) is 44.7 Å². The van der Waals surface area contributed by atoms with E-state index in [2.05, 4.69) is 42.1 Å². The van der Waals surface area contributed by atoms with Gasteiger partial charge in [0.05, 0.1) is 18.4 Å². The molecule has 1 unspecified atom stereocenters. The third kappa shape index (κ3) is 6.88. The second kappa shape index (κ2) is 12.4. The predicted molar refractivity (Wildman–Crippen MR) is 148 cm³/mol. The van der Waals surface area contributed by atoms with Crippen LogP contribution in [0.15, 0.2) is 50.6 Å². The number of aryl methyl sites for hydroxylation is 4. The fourth-order valence-electron chi connectivity index (χ4n) is 5.47. The molecule has 2 saturated heterocycles. The summed E-state index contributed by atoms with van der Waals surface area (Å²) in [6, 6.07) is 8.24. The first kappa shape index (κ1) is 32.1. The maximum atomic E-state index is 13.8. The average molecular weight is 627 g/mol. The van der Waals surface area contributed by atoms with Gasteiger partial charge in [-0.15, -0.1) is 0 Å². The lowest BCUT2D eigenvalue weighted by atomic mass is 9.89. The van der Waals surface area contributed by atoms with E-state index in [1.807, 2.05) is 11.0 Å². The number of furan rings is 1. The molecular weight excluding hydrogens is 593 g/mol. The Labute approximate surface area is 246 Å². The zero-order chi connectivity index (χ0) is 31.7. The number of aliphatic carboxylic acids is 1. The number of alkyl halides is 3. The number of carboxylic acids is 1. The Kier molecular flexibility index (Phi) is 9.25. The first-order valence-electron chi connectivity index (χ1n) is 13.5. The molecule has 0 aliphatic carbocycles. The lowest BCUT2D eigenvalue weighted by Crippen LogP contribution is -2.51. The van der Waals surface area contributed by atoms with Crippen LogP contribution in [0.4, 0.5) is 18.9 Å². The smallest absolute Gasteiger partial charge is 0.475 e. The highest BCUT2D eigenvalue weighted by Crippen LogP contribution is 2.38. The van der Waals surface area contributed by atoms with Crippen molar-refractivity contribution in [3.05, 3.63) is 64.9 Å². The fourth-order valence-corrected chi connectivity index (χ4v) is 7.26. The summed E-state index contributed by atoms with van der Waals surface area (Å²) in [5, 5.41) is 10.9. The summed E-state index contributed by atoms with van der Waals surface area (Å²) >= 11 is 0. The second-order valence-electron chi connectivity index (χ2n) is 10.7. The quantitative estimate of drug-likeness (QED) is 0.447. The van der Waals surface area contributed by atoms with Crippen LogP contribution in [0.5, 0.6) is 0 Å². The number of carbonyl (C=O) groups excluding carboxylic acids is 1. The molecule has 11 nitrogen and oxygen atoms in total. The van der Waals surface area contributed by atoms with E-state index in [-0.39, 0.29) is 35.6 Å². The van der Waals surface area contributed by atoms with Crippen LogP contribution in [0.25, 0.3) is 0 Å². The standard InChI is InChI=1S/C26H32N4O5S.C2HF3O2/c1-17-5-6-18(2)24(13-17)28-8-10-29(11-9-28)26(31)23-15-30(14-22(23)21-7-12-34-16-21)36(32,33)25-19(3)27-35-20(25)4;3-2(4,5)1(6)7/h5-7,12-13,16,22-23H,8-11,14-15H2,1-4H3;(H,6,7)/t22?,23-;/m1./s1. The molecule has 2 aliphatic rings. The molecule has 1 N–H and O–H groups in total. The molecule has 2 aliphatic heterocycles. The van der Waals surface area contributed by atoms with Crippen molar-refractivity contribution in [3.8, 4) is 0 Å². The van der Waals surface area contributed by atoms with Crippen molar-refractivity contribution < 1.29 is 45.2 Å². The van der Waals surface area contributed by atoms with Crippen LogP contribution in [0.2, 0.25) is 0 Å². The van der Waals surface area contributed by atoms with Crippen LogP contribution in [-0.4, -0.2) is 85.2 Å². The summed E-state index contributed by atoms with van der Waals surface area (Å²) in [6.07, 6.45) is -1.92. The minimum Gasteiger partial charge on any atom is -0.475 e. The predicted octanol–water partition coefficient (Wildman–Crippen LogP) is 3.89. The fraction of sp³-hybridized carbons (Fsp3) is 0.464. The maximum absolute atomic E-state index is 13.8. The zero-order valence-electron chi connectivity index (χ0n) is 24.1. The lowest BCUT2D eigenvalue weighted by molar-refractivity contribution is -0.192. The Morgan fingerprint density at radius 1 is 1.02 bits per heavy atom. The van der Waals surface area contributed by atoms with Gasteiger partial charge in [-0.25, -0.2) is 13.2 Å². The Balaban J connectivity index is 0.000000541. The maximum Gasteiger partial charge on any atom is 0.490 e. The Hall–Kier alpha value is -3.85.